The number of anilines is 2. The second-order valence-electron chi connectivity index (χ2n) is 6.97. The minimum absolute atomic E-state index is 0.229. The van der Waals surface area contributed by atoms with Crippen LogP contribution in [0.1, 0.15) is 41.8 Å². The van der Waals surface area contributed by atoms with Crippen LogP contribution in [0.5, 0.6) is 0 Å². The number of carbonyl (C=O) groups excluding carboxylic acids is 1. The Morgan fingerprint density at radius 3 is 2.58 bits per heavy atom. The van der Waals surface area contributed by atoms with Gasteiger partial charge >= 0.3 is 6.03 Å². The van der Waals surface area contributed by atoms with Gasteiger partial charge in [0.2, 0.25) is 5.95 Å². The summed E-state index contributed by atoms with van der Waals surface area (Å²) in [5, 5.41) is 5.78. The highest BCUT2D eigenvalue weighted by atomic mass is 16.2. The molecule has 1 saturated heterocycles. The average Bonchev–Trinajstić information content (AvgIpc) is 2.63. The quantitative estimate of drug-likeness (QED) is 0.879. The molecule has 1 fully saturated rings. The number of piperidine rings is 1. The summed E-state index contributed by atoms with van der Waals surface area (Å²) < 4.78 is 0. The van der Waals surface area contributed by atoms with E-state index in [4.69, 9.17) is 0 Å². The van der Waals surface area contributed by atoms with Crippen molar-refractivity contribution in [3.8, 4) is 0 Å². The van der Waals surface area contributed by atoms with Crippen LogP contribution in [0.25, 0.3) is 0 Å². The van der Waals surface area contributed by atoms with E-state index in [0.717, 1.165) is 41.7 Å². The molecule has 0 radical (unpaired) electrons. The van der Waals surface area contributed by atoms with E-state index in [0.29, 0.717) is 6.54 Å². The summed E-state index contributed by atoms with van der Waals surface area (Å²) in [5.41, 5.74) is 4.79. The number of hydrogen-bond acceptors (Lipinski definition) is 4. The van der Waals surface area contributed by atoms with Crippen molar-refractivity contribution in [3.63, 3.8) is 0 Å². The van der Waals surface area contributed by atoms with Crippen LogP contribution in [0, 0.1) is 20.8 Å². The Morgan fingerprint density at radius 1 is 1.08 bits per heavy atom. The van der Waals surface area contributed by atoms with Crippen molar-refractivity contribution in [2.24, 2.45) is 0 Å². The minimum atomic E-state index is -0.229. The third kappa shape index (κ3) is 4.71. The van der Waals surface area contributed by atoms with Gasteiger partial charge in [0.05, 0.1) is 12.2 Å². The molecule has 0 bridgehead atoms. The van der Waals surface area contributed by atoms with Gasteiger partial charge in [-0.3, -0.25) is 0 Å². The fraction of sp³-hybridized carbons (Fsp3) is 0.450. The molecule has 6 nitrogen and oxygen atoms in total. The fourth-order valence-electron chi connectivity index (χ4n) is 3.23. The van der Waals surface area contributed by atoms with Gasteiger partial charge in [-0.25, -0.2) is 14.8 Å². The Morgan fingerprint density at radius 2 is 1.85 bits per heavy atom. The predicted molar refractivity (Wildman–Crippen MR) is 105 cm³/mol. The van der Waals surface area contributed by atoms with Crippen molar-refractivity contribution in [1.82, 2.24) is 15.3 Å². The first kappa shape index (κ1) is 18.2. The van der Waals surface area contributed by atoms with E-state index in [2.05, 4.69) is 25.5 Å². The van der Waals surface area contributed by atoms with E-state index >= 15 is 0 Å². The van der Waals surface area contributed by atoms with Crippen molar-refractivity contribution in [2.45, 2.75) is 46.6 Å². The molecule has 1 aliphatic rings. The monoisotopic (exact) mass is 353 g/mol. The fourth-order valence-corrected chi connectivity index (χ4v) is 3.23. The van der Waals surface area contributed by atoms with Crippen molar-refractivity contribution in [2.75, 3.05) is 23.3 Å². The SMILES string of the molecule is Cc1ccc(NC(=O)NCc2cc(C)nc(N3CCCCC3)n2)c(C)c1. The zero-order chi connectivity index (χ0) is 18.5. The van der Waals surface area contributed by atoms with Crippen molar-refractivity contribution in [3.05, 3.63) is 46.8 Å². The second-order valence-corrected chi connectivity index (χ2v) is 6.97. The maximum Gasteiger partial charge on any atom is 0.319 e. The molecule has 0 saturated carbocycles. The normalized spacial score (nSPS) is 14.2. The smallest absolute Gasteiger partial charge is 0.319 e. The van der Waals surface area contributed by atoms with Gasteiger partial charge in [-0.1, -0.05) is 17.7 Å². The number of aryl methyl sites for hydroxylation is 3. The number of urea groups is 1. The molecule has 6 heteroatoms. The van der Waals surface area contributed by atoms with Gasteiger partial charge in [-0.15, -0.1) is 0 Å². The number of hydrogen-bond donors (Lipinski definition) is 2. The molecule has 1 aromatic carbocycles. The first-order chi connectivity index (χ1) is 12.5. The maximum atomic E-state index is 12.2. The second kappa shape index (κ2) is 8.17. The molecule has 138 valence electrons. The summed E-state index contributed by atoms with van der Waals surface area (Å²) in [4.78, 5) is 23.6. The molecule has 0 atom stereocenters. The van der Waals surface area contributed by atoms with Crippen molar-refractivity contribution >= 4 is 17.7 Å². The molecule has 2 amide bonds. The molecule has 2 heterocycles. The third-order valence-corrected chi connectivity index (χ3v) is 4.59. The highest BCUT2D eigenvalue weighted by Crippen LogP contribution is 2.17. The number of rotatable bonds is 4. The van der Waals surface area contributed by atoms with Crippen LogP contribution in [0.4, 0.5) is 16.4 Å². The summed E-state index contributed by atoms with van der Waals surface area (Å²) in [6.45, 7) is 8.37. The van der Waals surface area contributed by atoms with Crippen LogP contribution < -0.4 is 15.5 Å². The van der Waals surface area contributed by atoms with E-state index < -0.39 is 0 Å². The number of nitrogens with zero attached hydrogens (tertiary/aromatic N) is 3. The standard InChI is InChI=1S/C20H27N5O/c1-14-7-8-18(15(2)11-14)24-20(26)21-13-17-12-16(3)22-19(23-17)25-9-5-4-6-10-25/h7-8,11-12H,4-6,9-10,13H2,1-3H3,(H2,21,24,26). The molecule has 2 aromatic rings. The van der Waals surface area contributed by atoms with E-state index in [9.17, 15) is 4.79 Å². The molecule has 0 unspecified atom stereocenters. The molecule has 1 aliphatic heterocycles. The first-order valence-electron chi connectivity index (χ1n) is 9.23. The van der Waals surface area contributed by atoms with Gasteiger partial charge in [0.25, 0.3) is 0 Å². The molecule has 2 N–H and O–H groups in total. The Balaban J connectivity index is 1.61. The van der Waals surface area contributed by atoms with Crippen molar-refractivity contribution in [1.29, 1.82) is 0 Å². The van der Waals surface area contributed by atoms with Crippen LogP contribution in [-0.4, -0.2) is 29.1 Å². The third-order valence-electron chi connectivity index (χ3n) is 4.59. The predicted octanol–water partition coefficient (Wildman–Crippen LogP) is 3.71. The Kier molecular flexibility index (Phi) is 5.71. The summed E-state index contributed by atoms with van der Waals surface area (Å²) in [5.74, 6) is 0.774. The maximum absolute atomic E-state index is 12.2. The Labute approximate surface area is 155 Å². The lowest BCUT2D eigenvalue weighted by Crippen LogP contribution is -2.32. The first-order valence-corrected chi connectivity index (χ1v) is 9.23. The molecular weight excluding hydrogens is 326 g/mol. The average molecular weight is 353 g/mol. The van der Waals surface area contributed by atoms with Crippen LogP contribution >= 0.6 is 0 Å². The molecule has 3 rings (SSSR count). The number of amides is 2. The molecule has 1 aromatic heterocycles. The van der Waals surface area contributed by atoms with Gasteiger partial charge in [0.1, 0.15) is 0 Å². The molecule has 0 spiro atoms. The van der Waals surface area contributed by atoms with Gasteiger partial charge in [-0.05, 0) is 57.7 Å². The van der Waals surface area contributed by atoms with Crippen LogP contribution in [0.15, 0.2) is 24.3 Å². The summed E-state index contributed by atoms with van der Waals surface area (Å²) in [6.07, 6.45) is 3.64. The molecule has 26 heavy (non-hydrogen) atoms. The van der Waals surface area contributed by atoms with Crippen molar-refractivity contribution < 1.29 is 4.79 Å². The summed E-state index contributed by atoms with van der Waals surface area (Å²) >= 11 is 0. The van der Waals surface area contributed by atoms with Crippen LogP contribution in [0.2, 0.25) is 0 Å². The van der Waals surface area contributed by atoms with Gasteiger partial charge < -0.3 is 15.5 Å². The highest BCUT2D eigenvalue weighted by Gasteiger charge is 2.15. The van der Waals surface area contributed by atoms with Gasteiger partial charge in [-0.2, -0.15) is 0 Å². The lowest BCUT2D eigenvalue weighted by molar-refractivity contribution is 0.251. The number of carbonyl (C=O) groups is 1. The number of benzene rings is 1. The van der Waals surface area contributed by atoms with E-state index in [-0.39, 0.29) is 6.03 Å². The largest absolute Gasteiger partial charge is 0.341 e. The van der Waals surface area contributed by atoms with Gasteiger partial charge in [0, 0.05) is 24.5 Å². The Bertz CT molecular complexity index is 784. The summed E-state index contributed by atoms with van der Waals surface area (Å²) in [7, 11) is 0. The summed E-state index contributed by atoms with van der Waals surface area (Å²) in [6, 6.07) is 7.65. The van der Waals surface area contributed by atoms with Crippen LogP contribution in [0.3, 0.4) is 0 Å². The number of aromatic nitrogens is 2. The molecule has 0 aliphatic carbocycles. The van der Waals surface area contributed by atoms with E-state index in [1.807, 2.05) is 45.0 Å². The zero-order valence-corrected chi connectivity index (χ0v) is 15.8. The number of nitrogens with one attached hydrogen (secondary N) is 2. The lowest BCUT2D eigenvalue weighted by Gasteiger charge is -2.27. The topological polar surface area (TPSA) is 70.2 Å². The zero-order valence-electron chi connectivity index (χ0n) is 15.8. The minimum Gasteiger partial charge on any atom is -0.341 e. The lowest BCUT2D eigenvalue weighted by atomic mass is 10.1. The Hall–Kier alpha value is -2.63. The van der Waals surface area contributed by atoms with E-state index in [1.54, 1.807) is 0 Å². The van der Waals surface area contributed by atoms with E-state index in [1.165, 1.54) is 24.8 Å². The highest BCUT2D eigenvalue weighted by molar-refractivity contribution is 5.90. The van der Waals surface area contributed by atoms with Gasteiger partial charge in [0.15, 0.2) is 0 Å². The molecular formula is C20H27N5O. The van der Waals surface area contributed by atoms with Crippen LogP contribution in [-0.2, 0) is 6.54 Å².